The van der Waals surface area contributed by atoms with E-state index in [4.69, 9.17) is 0 Å². The molecule has 1 aromatic heterocycles. The second kappa shape index (κ2) is 5.10. The molecule has 0 radical (unpaired) electrons. The molecule has 3 heteroatoms. The standard InChI is InChI=1S/C13H18N2O/c1-10-5-4-6-11(9-10)15-13(16)12-7-2-3-8-14-12/h2-3,7-8,10-11H,4-6,9H2,1H3,(H,15,16). The van der Waals surface area contributed by atoms with Crippen molar-refractivity contribution >= 4 is 5.91 Å². The number of amides is 1. The van der Waals surface area contributed by atoms with Crippen LogP contribution in [0, 0.1) is 5.92 Å². The molecule has 1 aromatic rings. The second-order valence-corrected chi connectivity index (χ2v) is 4.66. The minimum Gasteiger partial charge on any atom is -0.348 e. The third-order valence-corrected chi connectivity index (χ3v) is 3.17. The van der Waals surface area contributed by atoms with Crippen LogP contribution in [0.3, 0.4) is 0 Å². The Morgan fingerprint density at radius 2 is 2.31 bits per heavy atom. The highest BCUT2D eigenvalue weighted by Gasteiger charge is 2.20. The normalized spacial score (nSPS) is 25.1. The minimum absolute atomic E-state index is 0.0419. The van der Waals surface area contributed by atoms with Gasteiger partial charge in [0, 0.05) is 12.2 Å². The molecule has 2 unspecified atom stereocenters. The van der Waals surface area contributed by atoms with E-state index in [2.05, 4.69) is 17.2 Å². The monoisotopic (exact) mass is 218 g/mol. The van der Waals surface area contributed by atoms with Crippen molar-refractivity contribution in [1.29, 1.82) is 0 Å². The number of rotatable bonds is 2. The van der Waals surface area contributed by atoms with Crippen molar-refractivity contribution in [3.8, 4) is 0 Å². The molecule has 0 bridgehead atoms. The molecular weight excluding hydrogens is 200 g/mol. The lowest BCUT2D eigenvalue weighted by Crippen LogP contribution is -2.38. The molecule has 1 N–H and O–H groups in total. The Balaban J connectivity index is 1.92. The molecule has 0 saturated heterocycles. The van der Waals surface area contributed by atoms with Crippen LogP contribution < -0.4 is 5.32 Å². The predicted octanol–water partition coefficient (Wildman–Crippen LogP) is 2.39. The van der Waals surface area contributed by atoms with E-state index >= 15 is 0 Å². The summed E-state index contributed by atoms with van der Waals surface area (Å²) in [5, 5.41) is 3.06. The highest BCUT2D eigenvalue weighted by atomic mass is 16.1. The van der Waals surface area contributed by atoms with Crippen LogP contribution in [0.1, 0.15) is 43.1 Å². The van der Waals surface area contributed by atoms with Crippen LogP contribution in [0.4, 0.5) is 0 Å². The molecule has 0 aromatic carbocycles. The smallest absolute Gasteiger partial charge is 0.270 e. The van der Waals surface area contributed by atoms with Gasteiger partial charge in [0.2, 0.25) is 0 Å². The first kappa shape index (κ1) is 11.1. The molecular formula is C13H18N2O. The molecule has 1 fully saturated rings. The molecule has 0 spiro atoms. The van der Waals surface area contributed by atoms with Gasteiger partial charge in [-0.25, -0.2) is 0 Å². The van der Waals surface area contributed by atoms with Crippen LogP contribution in [0.2, 0.25) is 0 Å². The van der Waals surface area contributed by atoms with E-state index < -0.39 is 0 Å². The van der Waals surface area contributed by atoms with Crippen molar-refractivity contribution < 1.29 is 4.79 Å². The van der Waals surface area contributed by atoms with Gasteiger partial charge in [-0.15, -0.1) is 0 Å². The van der Waals surface area contributed by atoms with Gasteiger partial charge in [-0.1, -0.05) is 25.8 Å². The van der Waals surface area contributed by atoms with Gasteiger partial charge in [0.15, 0.2) is 0 Å². The van der Waals surface area contributed by atoms with Crippen molar-refractivity contribution in [1.82, 2.24) is 10.3 Å². The van der Waals surface area contributed by atoms with Crippen molar-refractivity contribution in [2.45, 2.75) is 38.6 Å². The fourth-order valence-corrected chi connectivity index (χ4v) is 2.32. The lowest BCUT2D eigenvalue weighted by molar-refractivity contribution is 0.0916. The summed E-state index contributed by atoms with van der Waals surface area (Å²) in [6.45, 7) is 2.25. The van der Waals surface area contributed by atoms with Gasteiger partial charge >= 0.3 is 0 Å². The summed E-state index contributed by atoms with van der Waals surface area (Å²) in [4.78, 5) is 15.9. The Hall–Kier alpha value is -1.38. The fourth-order valence-electron chi connectivity index (χ4n) is 2.32. The first-order chi connectivity index (χ1) is 7.75. The summed E-state index contributed by atoms with van der Waals surface area (Å²) in [6.07, 6.45) is 6.35. The van der Waals surface area contributed by atoms with E-state index in [0.29, 0.717) is 11.7 Å². The third-order valence-electron chi connectivity index (χ3n) is 3.17. The first-order valence-electron chi connectivity index (χ1n) is 5.97. The van der Waals surface area contributed by atoms with Crippen LogP contribution in [-0.4, -0.2) is 16.9 Å². The molecule has 1 saturated carbocycles. The summed E-state index contributed by atoms with van der Waals surface area (Å²) in [5.74, 6) is 0.683. The van der Waals surface area contributed by atoms with Crippen molar-refractivity contribution in [2.24, 2.45) is 5.92 Å². The first-order valence-corrected chi connectivity index (χ1v) is 5.97. The summed E-state index contributed by atoms with van der Waals surface area (Å²) >= 11 is 0. The molecule has 2 rings (SSSR count). The van der Waals surface area contributed by atoms with Crippen molar-refractivity contribution in [3.63, 3.8) is 0 Å². The van der Waals surface area contributed by atoms with Crippen LogP contribution in [0.15, 0.2) is 24.4 Å². The Kier molecular flexibility index (Phi) is 3.54. The van der Waals surface area contributed by atoms with Gasteiger partial charge < -0.3 is 5.32 Å². The Morgan fingerprint density at radius 3 is 3.00 bits per heavy atom. The molecule has 16 heavy (non-hydrogen) atoms. The quantitative estimate of drug-likeness (QED) is 0.828. The van der Waals surface area contributed by atoms with Gasteiger partial charge in [0.1, 0.15) is 5.69 Å². The lowest BCUT2D eigenvalue weighted by Gasteiger charge is -2.27. The Bertz CT molecular complexity index is 350. The summed E-state index contributed by atoms with van der Waals surface area (Å²) in [5.41, 5.74) is 0.515. The number of hydrogen-bond donors (Lipinski definition) is 1. The number of hydrogen-bond acceptors (Lipinski definition) is 2. The van der Waals surface area contributed by atoms with Crippen LogP contribution >= 0.6 is 0 Å². The van der Waals surface area contributed by atoms with E-state index in [1.165, 1.54) is 12.8 Å². The molecule has 1 heterocycles. The summed E-state index contributed by atoms with van der Waals surface area (Å²) in [6, 6.07) is 5.74. The fraction of sp³-hybridized carbons (Fsp3) is 0.538. The SMILES string of the molecule is CC1CCCC(NC(=O)c2ccccn2)C1. The summed E-state index contributed by atoms with van der Waals surface area (Å²) < 4.78 is 0. The van der Waals surface area contributed by atoms with E-state index in [-0.39, 0.29) is 5.91 Å². The van der Waals surface area contributed by atoms with E-state index in [1.54, 1.807) is 12.3 Å². The van der Waals surface area contributed by atoms with Gasteiger partial charge in [-0.2, -0.15) is 0 Å². The number of aromatic nitrogens is 1. The highest BCUT2D eigenvalue weighted by Crippen LogP contribution is 2.23. The maximum absolute atomic E-state index is 11.8. The van der Waals surface area contributed by atoms with Gasteiger partial charge in [-0.05, 0) is 30.9 Å². The average Bonchev–Trinajstić information content (AvgIpc) is 2.30. The zero-order valence-corrected chi connectivity index (χ0v) is 9.65. The maximum atomic E-state index is 11.8. The van der Waals surface area contributed by atoms with Crippen LogP contribution in [-0.2, 0) is 0 Å². The Morgan fingerprint density at radius 1 is 1.44 bits per heavy atom. The van der Waals surface area contributed by atoms with Crippen LogP contribution in [0.25, 0.3) is 0 Å². The number of nitrogens with one attached hydrogen (secondary N) is 1. The molecule has 1 amide bonds. The van der Waals surface area contributed by atoms with Gasteiger partial charge in [0.05, 0.1) is 0 Å². The number of carbonyl (C=O) groups excluding carboxylic acids is 1. The topological polar surface area (TPSA) is 42.0 Å². The largest absolute Gasteiger partial charge is 0.348 e. The number of pyridine rings is 1. The maximum Gasteiger partial charge on any atom is 0.270 e. The molecule has 1 aliphatic rings. The molecule has 2 atom stereocenters. The van der Waals surface area contributed by atoms with E-state index in [1.807, 2.05) is 12.1 Å². The molecule has 3 nitrogen and oxygen atoms in total. The number of nitrogens with zero attached hydrogens (tertiary/aromatic N) is 1. The summed E-state index contributed by atoms with van der Waals surface area (Å²) in [7, 11) is 0. The lowest BCUT2D eigenvalue weighted by atomic mass is 9.87. The predicted molar refractivity (Wildman–Crippen MR) is 63.1 cm³/mol. The van der Waals surface area contributed by atoms with Gasteiger partial charge in [0.25, 0.3) is 5.91 Å². The van der Waals surface area contributed by atoms with Crippen molar-refractivity contribution in [2.75, 3.05) is 0 Å². The minimum atomic E-state index is -0.0419. The number of carbonyl (C=O) groups is 1. The highest BCUT2D eigenvalue weighted by molar-refractivity contribution is 5.92. The molecule has 1 aliphatic carbocycles. The van der Waals surface area contributed by atoms with E-state index in [0.717, 1.165) is 18.8 Å². The molecule has 86 valence electrons. The second-order valence-electron chi connectivity index (χ2n) is 4.66. The zero-order chi connectivity index (χ0) is 11.4. The third kappa shape index (κ3) is 2.81. The molecule has 0 aliphatic heterocycles. The van der Waals surface area contributed by atoms with Crippen molar-refractivity contribution in [3.05, 3.63) is 30.1 Å². The zero-order valence-electron chi connectivity index (χ0n) is 9.65. The Labute approximate surface area is 96.3 Å². The van der Waals surface area contributed by atoms with Gasteiger partial charge in [-0.3, -0.25) is 9.78 Å². The van der Waals surface area contributed by atoms with Crippen LogP contribution in [0.5, 0.6) is 0 Å². The average molecular weight is 218 g/mol. The van der Waals surface area contributed by atoms with E-state index in [9.17, 15) is 4.79 Å².